The van der Waals surface area contributed by atoms with Gasteiger partial charge in [0.25, 0.3) is 0 Å². The highest BCUT2D eigenvalue weighted by Crippen LogP contribution is 2.22. The summed E-state index contributed by atoms with van der Waals surface area (Å²) >= 11 is 7.45. The Hall–Kier alpha value is -1.60. The van der Waals surface area contributed by atoms with Crippen LogP contribution in [0, 0.1) is 5.82 Å². The van der Waals surface area contributed by atoms with E-state index in [2.05, 4.69) is 10.2 Å². The molecule has 28 heavy (non-hydrogen) atoms. The van der Waals surface area contributed by atoms with Crippen LogP contribution in [-0.4, -0.2) is 49.4 Å². The van der Waals surface area contributed by atoms with Crippen molar-refractivity contribution in [3.8, 4) is 0 Å². The number of morpholine rings is 1. The molecule has 0 spiro atoms. The minimum atomic E-state index is -0.257. The smallest absolute Gasteiger partial charge is 0.230 e. The average Bonchev–Trinajstić information content (AvgIpc) is 2.72. The number of carbonyl (C=O) groups excluding carboxylic acids is 1. The molecular formula is C21H24ClFN2O2S. The number of halogens is 2. The van der Waals surface area contributed by atoms with Gasteiger partial charge in [0.05, 0.1) is 25.0 Å². The number of ether oxygens (including phenoxy) is 1. The van der Waals surface area contributed by atoms with Gasteiger partial charge in [-0.05, 0) is 35.4 Å². The number of rotatable bonds is 8. The fourth-order valence-corrected chi connectivity index (χ4v) is 4.08. The van der Waals surface area contributed by atoms with Gasteiger partial charge in [0, 0.05) is 30.4 Å². The van der Waals surface area contributed by atoms with Gasteiger partial charge in [0.15, 0.2) is 0 Å². The second-order valence-electron chi connectivity index (χ2n) is 6.64. The maximum absolute atomic E-state index is 13.3. The van der Waals surface area contributed by atoms with Gasteiger partial charge in [-0.1, -0.05) is 35.9 Å². The zero-order valence-electron chi connectivity index (χ0n) is 15.6. The van der Waals surface area contributed by atoms with E-state index < -0.39 is 0 Å². The van der Waals surface area contributed by atoms with E-state index >= 15 is 0 Å². The van der Waals surface area contributed by atoms with Gasteiger partial charge in [-0.25, -0.2) is 4.39 Å². The lowest BCUT2D eigenvalue weighted by atomic mass is 10.0. The Morgan fingerprint density at radius 1 is 1.14 bits per heavy atom. The summed E-state index contributed by atoms with van der Waals surface area (Å²) in [5, 5.41) is 3.74. The van der Waals surface area contributed by atoms with E-state index in [0.29, 0.717) is 30.5 Å². The van der Waals surface area contributed by atoms with Crippen LogP contribution in [0.15, 0.2) is 48.5 Å². The van der Waals surface area contributed by atoms with Crippen LogP contribution in [0.2, 0.25) is 5.02 Å². The molecular weight excluding hydrogens is 399 g/mol. The summed E-state index contributed by atoms with van der Waals surface area (Å²) in [5.74, 6) is 0.892. The Morgan fingerprint density at radius 3 is 2.50 bits per heavy atom. The third-order valence-electron chi connectivity index (χ3n) is 4.65. The number of thioether (sulfide) groups is 1. The van der Waals surface area contributed by atoms with Crippen molar-refractivity contribution in [1.29, 1.82) is 0 Å². The minimum Gasteiger partial charge on any atom is -0.379 e. The fourth-order valence-electron chi connectivity index (χ4n) is 3.14. The molecule has 0 bridgehead atoms. The molecule has 2 aromatic rings. The van der Waals surface area contributed by atoms with Gasteiger partial charge in [-0.3, -0.25) is 9.69 Å². The molecule has 1 heterocycles. The molecule has 0 aliphatic carbocycles. The first kappa shape index (κ1) is 21.1. The van der Waals surface area contributed by atoms with Crippen LogP contribution >= 0.6 is 23.4 Å². The number of nitrogens with zero attached hydrogens (tertiary/aromatic N) is 1. The summed E-state index contributed by atoms with van der Waals surface area (Å²) in [5.41, 5.74) is 2.14. The van der Waals surface area contributed by atoms with E-state index in [-0.39, 0.29) is 17.8 Å². The van der Waals surface area contributed by atoms with E-state index in [1.165, 1.54) is 12.1 Å². The van der Waals surface area contributed by atoms with Crippen LogP contribution in [0.5, 0.6) is 0 Å². The predicted octanol–water partition coefficient (Wildman–Crippen LogP) is 3.90. The van der Waals surface area contributed by atoms with E-state index in [1.807, 2.05) is 24.3 Å². The topological polar surface area (TPSA) is 41.6 Å². The predicted molar refractivity (Wildman–Crippen MR) is 112 cm³/mol. The highest BCUT2D eigenvalue weighted by Gasteiger charge is 2.23. The first-order chi connectivity index (χ1) is 13.6. The van der Waals surface area contributed by atoms with Crippen LogP contribution in [0.1, 0.15) is 17.2 Å². The summed E-state index contributed by atoms with van der Waals surface area (Å²) in [7, 11) is 0. The highest BCUT2D eigenvalue weighted by atomic mass is 35.5. The van der Waals surface area contributed by atoms with Crippen molar-refractivity contribution in [3.05, 3.63) is 70.5 Å². The van der Waals surface area contributed by atoms with E-state index in [0.717, 1.165) is 30.0 Å². The molecule has 1 unspecified atom stereocenters. The van der Waals surface area contributed by atoms with Crippen LogP contribution in [0.4, 0.5) is 4.39 Å². The molecule has 7 heteroatoms. The Bertz CT molecular complexity index is 752. The lowest BCUT2D eigenvalue weighted by molar-refractivity contribution is -0.118. The number of benzene rings is 2. The Balaban J connectivity index is 1.51. The quantitative estimate of drug-likeness (QED) is 0.700. The van der Waals surface area contributed by atoms with Gasteiger partial charge in [0.1, 0.15) is 5.82 Å². The zero-order chi connectivity index (χ0) is 19.8. The van der Waals surface area contributed by atoms with Gasteiger partial charge in [-0.2, -0.15) is 0 Å². The van der Waals surface area contributed by atoms with Crippen molar-refractivity contribution in [2.24, 2.45) is 0 Å². The van der Waals surface area contributed by atoms with Crippen molar-refractivity contribution >= 4 is 29.3 Å². The third kappa shape index (κ3) is 6.48. The molecule has 0 radical (unpaired) electrons. The van der Waals surface area contributed by atoms with Gasteiger partial charge in [0.2, 0.25) is 5.91 Å². The summed E-state index contributed by atoms with van der Waals surface area (Å²) in [4.78, 5) is 14.6. The van der Waals surface area contributed by atoms with Crippen LogP contribution < -0.4 is 5.32 Å². The van der Waals surface area contributed by atoms with Gasteiger partial charge >= 0.3 is 0 Å². The Kier molecular flexibility index (Phi) is 8.15. The standard InChI is InChI=1S/C21H24ClFN2O2S/c22-18-5-1-16(2-6-18)14-28-15-21(26)24-13-20(25-9-11-27-12-10-25)17-3-7-19(23)8-4-17/h1-8,20H,9-15H2,(H,24,26). The van der Waals surface area contributed by atoms with Crippen molar-refractivity contribution in [2.75, 3.05) is 38.6 Å². The van der Waals surface area contributed by atoms with Crippen LogP contribution in [0.3, 0.4) is 0 Å². The largest absolute Gasteiger partial charge is 0.379 e. The molecule has 0 aromatic heterocycles. The van der Waals surface area contributed by atoms with Crippen LogP contribution in [-0.2, 0) is 15.3 Å². The van der Waals surface area contributed by atoms with Crippen molar-refractivity contribution in [3.63, 3.8) is 0 Å². The third-order valence-corrected chi connectivity index (χ3v) is 5.90. The summed E-state index contributed by atoms with van der Waals surface area (Å²) < 4.78 is 18.7. The first-order valence-corrected chi connectivity index (χ1v) is 10.8. The SMILES string of the molecule is O=C(CSCc1ccc(Cl)cc1)NCC(c1ccc(F)cc1)N1CCOCC1. The molecule has 1 fully saturated rings. The van der Waals surface area contributed by atoms with Crippen molar-refractivity contribution in [1.82, 2.24) is 10.2 Å². The monoisotopic (exact) mass is 422 g/mol. The van der Waals surface area contributed by atoms with Gasteiger partial charge < -0.3 is 10.1 Å². The fraction of sp³-hybridized carbons (Fsp3) is 0.381. The zero-order valence-corrected chi connectivity index (χ0v) is 17.1. The number of hydrogen-bond donors (Lipinski definition) is 1. The molecule has 1 saturated heterocycles. The molecule has 2 aromatic carbocycles. The van der Waals surface area contributed by atoms with Crippen molar-refractivity contribution < 1.29 is 13.9 Å². The maximum Gasteiger partial charge on any atom is 0.230 e. The Labute approximate surface area is 174 Å². The minimum absolute atomic E-state index is 0.000616. The molecule has 1 aliphatic heterocycles. The number of nitrogens with one attached hydrogen (secondary N) is 1. The van der Waals surface area contributed by atoms with Crippen molar-refractivity contribution in [2.45, 2.75) is 11.8 Å². The molecule has 1 N–H and O–H groups in total. The van der Waals surface area contributed by atoms with E-state index in [9.17, 15) is 9.18 Å². The van der Waals surface area contributed by atoms with E-state index in [4.69, 9.17) is 16.3 Å². The number of amides is 1. The molecule has 0 saturated carbocycles. The lowest BCUT2D eigenvalue weighted by Gasteiger charge is -2.35. The Morgan fingerprint density at radius 2 is 1.82 bits per heavy atom. The molecule has 1 aliphatic rings. The average molecular weight is 423 g/mol. The normalized spacial score (nSPS) is 15.9. The second kappa shape index (κ2) is 10.8. The summed E-state index contributed by atoms with van der Waals surface area (Å²) in [6.45, 7) is 3.42. The first-order valence-electron chi connectivity index (χ1n) is 9.28. The molecule has 3 rings (SSSR count). The summed E-state index contributed by atoms with van der Waals surface area (Å²) in [6, 6.07) is 14.2. The highest BCUT2D eigenvalue weighted by molar-refractivity contribution is 7.99. The summed E-state index contributed by atoms with van der Waals surface area (Å²) in [6.07, 6.45) is 0. The molecule has 150 valence electrons. The maximum atomic E-state index is 13.3. The molecule has 1 atom stereocenters. The lowest BCUT2D eigenvalue weighted by Crippen LogP contribution is -2.44. The van der Waals surface area contributed by atoms with Crippen LogP contribution in [0.25, 0.3) is 0 Å². The number of carbonyl (C=O) groups is 1. The van der Waals surface area contributed by atoms with E-state index in [1.54, 1.807) is 23.9 Å². The second-order valence-corrected chi connectivity index (χ2v) is 8.06. The molecule has 1 amide bonds. The number of hydrogen-bond acceptors (Lipinski definition) is 4. The van der Waals surface area contributed by atoms with Gasteiger partial charge in [-0.15, -0.1) is 11.8 Å². The molecule has 4 nitrogen and oxygen atoms in total.